The Kier molecular flexibility index (Phi) is 7.94. The first-order valence-electron chi connectivity index (χ1n) is 10.3. The van der Waals surface area contributed by atoms with Gasteiger partial charge in [-0.15, -0.1) is 0 Å². The summed E-state index contributed by atoms with van der Waals surface area (Å²) in [5.41, 5.74) is 8.05. The number of rotatable bonds is 7. The van der Waals surface area contributed by atoms with Gasteiger partial charge < -0.3 is 16.2 Å². The number of amides is 3. The van der Waals surface area contributed by atoms with E-state index >= 15 is 0 Å². The fourth-order valence-corrected chi connectivity index (χ4v) is 3.84. The summed E-state index contributed by atoms with van der Waals surface area (Å²) < 4.78 is 2.73. The van der Waals surface area contributed by atoms with E-state index in [2.05, 4.69) is 16.1 Å². The van der Waals surface area contributed by atoms with Crippen molar-refractivity contribution in [3.8, 4) is 6.07 Å². The smallest absolute Gasteiger partial charge is 0.329 e. The lowest BCUT2D eigenvalue weighted by Crippen LogP contribution is -2.25. The quantitative estimate of drug-likeness (QED) is 0.440. The van der Waals surface area contributed by atoms with Gasteiger partial charge in [-0.25, -0.2) is 4.79 Å². The van der Waals surface area contributed by atoms with E-state index < -0.39 is 17.5 Å². The average molecular weight is 455 g/mol. The van der Waals surface area contributed by atoms with E-state index in [-0.39, 0.29) is 11.8 Å². The molecule has 0 fully saturated rings. The largest absolute Gasteiger partial charge is 0.386 e. The van der Waals surface area contributed by atoms with Crippen molar-refractivity contribution in [2.24, 2.45) is 5.73 Å². The third-order valence-corrected chi connectivity index (χ3v) is 5.73. The summed E-state index contributed by atoms with van der Waals surface area (Å²) in [6, 6.07) is 10.0. The van der Waals surface area contributed by atoms with Gasteiger partial charge in [-0.1, -0.05) is 27.7 Å². The van der Waals surface area contributed by atoms with Crippen LogP contribution in [-0.2, 0) is 5.60 Å². The van der Waals surface area contributed by atoms with Gasteiger partial charge in [0.15, 0.2) is 0 Å². The van der Waals surface area contributed by atoms with Crippen molar-refractivity contribution in [2.45, 2.75) is 63.9 Å². The first-order chi connectivity index (χ1) is 14.8. The maximum atomic E-state index is 12.7. The first kappa shape index (κ1) is 25.2. The lowest BCUT2D eigenvalue weighted by molar-refractivity contribution is 0.0783. The van der Waals surface area contributed by atoms with E-state index in [1.807, 2.05) is 27.7 Å². The van der Waals surface area contributed by atoms with Crippen LogP contribution in [0.1, 0.15) is 86.0 Å². The number of carbonyl (C=O) groups excluding carboxylic acids is 2. The number of anilines is 1. The predicted octanol–water partition coefficient (Wildman–Crippen LogP) is 4.96. The summed E-state index contributed by atoms with van der Waals surface area (Å²) in [6.45, 7) is 11.2. The van der Waals surface area contributed by atoms with Crippen molar-refractivity contribution in [2.75, 3.05) is 5.32 Å². The maximum absolute atomic E-state index is 12.7. The van der Waals surface area contributed by atoms with Gasteiger partial charge in [-0.3, -0.25) is 9.52 Å². The van der Waals surface area contributed by atoms with Gasteiger partial charge in [0.1, 0.15) is 0 Å². The molecule has 0 radical (unpaired) electrons. The number of aliphatic hydroxyl groups is 1. The minimum absolute atomic E-state index is 0.0522. The van der Waals surface area contributed by atoms with Crippen LogP contribution in [0, 0.1) is 11.3 Å². The van der Waals surface area contributed by atoms with Crippen molar-refractivity contribution in [1.82, 2.24) is 4.72 Å². The number of hydrogen-bond donors (Lipinski definition) is 4. The van der Waals surface area contributed by atoms with Crippen molar-refractivity contribution in [3.05, 3.63) is 58.1 Å². The van der Waals surface area contributed by atoms with E-state index in [9.17, 15) is 20.0 Å². The molecule has 8 heteroatoms. The molecule has 32 heavy (non-hydrogen) atoms. The normalized spacial score (nSPS) is 11.4. The zero-order valence-electron chi connectivity index (χ0n) is 19.2. The molecule has 0 saturated carbocycles. The summed E-state index contributed by atoms with van der Waals surface area (Å²) in [6.07, 6.45) is 0. The summed E-state index contributed by atoms with van der Waals surface area (Å²) in [4.78, 5) is 25.1. The molecule has 0 aromatic heterocycles. The number of primary amides is 1. The van der Waals surface area contributed by atoms with Crippen LogP contribution in [0.4, 0.5) is 10.5 Å². The molecular formula is C24H30N4O3S. The molecule has 0 atom stereocenters. The van der Waals surface area contributed by atoms with Gasteiger partial charge in [0.2, 0.25) is 5.91 Å². The second-order valence-corrected chi connectivity index (χ2v) is 9.66. The molecule has 0 bridgehead atoms. The number of nitrogens with one attached hydrogen (secondary N) is 2. The summed E-state index contributed by atoms with van der Waals surface area (Å²) >= 11 is 1.05. The van der Waals surface area contributed by atoms with Gasteiger partial charge in [0.25, 0.3) is 0 Å². The second-order valence-electron chi connectivity index (χ2n) is 8.78. The predicted molar refractivity (Wildman–Crippen MR) is 128 cm³/mol. The first-order valence-corrected chi connectivity index (χ1v) is 11.1. The highest BCUT2D eigenvalue weighted by atomic mass is 32.2. The van der Waals surface area contributed by atoms with Gasteiger partial charge in [0.05, 0.1) is 17.2 Å². The molecule has 0 unspecified atom stereocenters. The van der Waals surface area contributed by atoms with E-state index in [0.717, 1.165) is 23.1 Å². The molecule has 0 aliphatic heterocycles. The van der Waals surface area contributed by atoms with Crippen molar-refractivity contribution in [3.63, 3.8) is 0 Å². The number of hydrogen-bond acceptors (Lipinski definition) is 5. The Morgan fingerprint density at radius 1 is 1.06 bits per heavy atom. The highest BCUT2D eigenvalue weighted by Gasteiger charge is 2.20. The maximum Gasteiger partial charge on any atom is 0.329 e. The SMILES string of the molecule is CC(C)c1cc(C(N)=O)cc(C(C)C)c1NC(=O)NSc1cc(C#N)cc(C(C)(C)O)c1. The van der Waals surface area contributed by atoms with Crippen LogP contribution < -0.4 is 15.8 Å². The fraction of sp³-hybridized carbons (Fsp3) is 0.375. The molecule has 2 aromatic rings. The Morgan fingerprint density at radius 3 is 2.06 bits per heavy atom. The Balaban J connectivity index is 2.31. The van der Waals surface area contributed by atoms with Crippen LogP contribution >= 0.6 is 11.9 Å². The van der Waals surface area contributed by atoms with Crippen LogP contribution in [0.15, 0.2) is 35.2 Å². The molecule has 3 amide bonds. The molecule has 2 aromatic carbocycles. The van der Waals surface area contributed by atoms with Gasteiger partial charge in [-0.2, -0.15) is 5.26 Å². The van der Waals surface area contributed by atoms with Crippen molar-refractivity contribution >= 4 is 29.6 Å². The van der Waals surface area contributed by atoms with Crippen LogP contribution in [0.2, 0.25) is 0 Å². The topological polar surface area (TPSA) is 128 Å². The van der Waals surface area contributed by atoms with E-state index in [0.29, 0.717) is 27.3 Å². The highest BCUT2D eigenvalue weighted by molar-refractivity contribution is 7.98. The monoisotopic (exact) mass is 454 g/mol. The van der Waals surface area contributed by atoms with Gasteiger partial charge >= 0.3 is 6.03 Å². The lowest BCUT2D eigenvalue weighted by atomic mass is 9.90. The number of benzene rings is 2. The molecular weight excluding hydrogens is 424 g/mol. The third-order valence-electron chi connectivity index (χ3n) is 4.97. The molecule has 5 N–H and O–H groups in total. The number of urea groups is 1. The molecule has 0 aliphatic rings. The minimum atomic E-state index is -1.12. The Bertz CT molecular complexity index is 1040. The Labute approximate surface area is 193 Å². The second kappa shape index (κ2) is 10.1. The Hall–Kier alpha value is -3.02. The molecule has 0 heterocycles. The van der Waals surface area contributed by atoms with Gasteiger partial charge in [-0.05, 0) is 84.7 Å². The van der Waals surface area contributed by atoms with E-state index in [4.69, 9.17) is 5.73 Å². The fourth-order valence-electron chi connectivity index (χ4n) is 3.21. The number of nitrogens with zero attached hydrogens (tertiary/aromatic N) is 1. The zero-order valence-corrected chi connectivity index (χ0v) is 20.1. The molecule has 170 valence electrons. The van der Waals surface area contributed by atoms with Gasteiger partial charge in [0, 0.05) is 16.1 Å². The number of nitriles is 1. The highest BCUT2D eigenvalue weighted by Crippen LogP contribution is 2.34. The summed E-state index contributed by atoms with van der Waals surface area (Å²) in [5.74, 6) is -0.409. The third kappa shape index (κ3) is 6.25. The molecule has 2 rings (SSSR count). The van der Waals surface area contributed by atoms with Crippen LogP contribution in [0.3, 0.4) is 0 Å². The van der Waals surface area contributed by atoms with E-state index in [1.54, 1.807) is 44.2 Å². The zero-order chi connectivity index (χ0) is 24.2. The molecule has 0 saturated heterocycles. The van der Waals surface area contributed by atoms with Crippen LogP contribution in [-0.4, -0.2) is 17.0 Å². The average Bonchev–Trinajstić information content (AvgIpc) is 2.70. The number of nitrogens with two attached hydrogens (primary N) is 1. The summed E-state index contributed by atoms with van der Waals surface area (Å²) in [7, 11) is 0. The molecule has 0 spiro atoms. The Morgan fingerprint density at radius 2 is 1.62 bits per heavy atom. The molecule has 7 nitrogen and oxygen atoms in total. The van der Waals surface area contributed by atoms with Crippen molar-refractivity contribution < 1.29 is 14.7 Å². The van der Waals surface area contributed by atoms with Crippen LogP contribution in [0.5, 0.6) is 0 Å². The summed E-state index contributed by atoms with van der Waals surface area (Å²) in [5, 5.41) is 22.5. The van der Waals surface area contributed by atoms with Crippen LogP contribution in [0.25, 0.3) is 0 Å². The number of carbonyl (C=O) groups is 2. The lowest BCUT2D eigenvalue weighted by Gasteiger charge is -2.22. The molecule has 0 aliphatic carbocycles. The standard InChI is InChI=1S/C24H30N4O3S/c1-13(2)19-9-16(22(26)29)10-20(14(3)4)21(19)27-23(30)28-32-18-8-15(12-25)7-17(11-18)24(5,6)31/h7-11,13-14,31H,1-6H3,(H2,26,29)(H2,27,28,30). The van der Waals surface area contributed by atoms with E-state index in [1.165, 1.54) is 0 Å². The minimum Gasteiger partial charge on any atom is -0.386 e. The van der Waals surface area contributed by atoms with Crippen molar-refractivity contribution in [1.29, 1.82) is 5.26 Å².